The Balaban J connectivity index is 2.08. The van der Waals surface area contributed by atoms with E-state index in [1.807, 2.05) is 43.3 Å². The summed E-state index contributed by atoms with van der Waals surface area (Å²) in [5.74, 6) is 0.0577. The average molecular weight is 367 g/mol. The average Bonchev–Trinajstić information content (AvgIpc) is 2.67. The second-order valence-electron chi connectivity index (χ2n) is 7.00. The summed E-state index contributed by atoms with van der Waals surface area (Å²) in [4.78, 5) is 27.4. The largest absolute Gasteiger partial charge is 0.349 e. The minimum atomic E-state index is -0.175. The third kappa shape index (κ3) is 5.84. The lowest BCUT2D eigenvalue weighted by atomic mass is 9.86. The van der Waals surface area contributed by atoms with Gasteiger partial charge >= 0.3 is 6.03 Å². The van der Waals surface area contributed by atoms with Gasteiger partial charge in [-0.25, -0.2) is 4.79 Å². The fourth-order valence-corrected chi connectivity index (χ4v) is 3.07. The van der Waals surface area contributed by atoms with Crippen LogP contribution in [0.2, 0.25) is 0 Å². The quantitative estimate of drug-likeness (QED) is 0.816. The van der Waals surface area contributed by atoms with E-state index >= 15 is 0 Å². The summed E-state index contributed by atoms with van der Waals surface area (Å²) in [5.41, 5.74) is 2.31. The Bertz CT molecular complexity index is 692. The lowest BCUT2D eigenvalue weighted by Gasteiger charge is -2.28. The van der Waals surface area contributed by atoms with Gasteiger partial charge in [0, 0.05) is 46.1 Å². The second-order valence-corrected chi connectivity index (χ2v) is 7.00. The first-order valence-electron chi connectivity index (χ1n) is 9.21. The van der Waals surface area contributed by atoms with E-state index in [4.69, 9.17) is 0 Å². The van der Waals surface area contributed by atoms with E-state index < -0.39 is 0 Å². The summed E-state index contributed by atoms with van der Waals surface area (Å²) in [6, 6.07) is 20.1. The molecule has 27 heavy (non-hydrogen) atoms. The molecule has 0 aliphatic heterocycles. The number of rotatable bonds is 7. The first-order chi connectivity index (χ1) is 12.9. The molecule has 0 heterocycles. The van der Waals surface area contributed by atoms with Crippen molar-refractivity contribution in [1.29, 1.82) is 0 Å². The molecular weight excluding hydrogens is 338 g/mol. The van der Waals surface area contributed by atoms with E-state index in [9.17, 15) is 9.59 Å². The van der Waals surface area contributed by atoms with Gasteiger partial charge in [-0.15, -0.1) is 0 Å². The number of benzene rings is 2. The van der Waals surface area contributed by atoms with Gasteiger partial charge in [-0.3, -0.25) is 4.79 Å². The minimum absolute atomic E-state index is 0.00847. The standard InChI is InChI=1S/C22H29N3O2/c1-17(23-22(27)25(4)16-15-20(26)24(2)3)21(18-11-7-5-8-12-18)19-13-9-6-10-14-19/h5-14,17,21H,15-16H2,1-4H3,(H,23,27)/t17-/m0/s1. The molecule has 5 heteroatoms. The Hall–Kier alpha value is -2.82. The number of carbonyl (C=O) groups excluding carboxylic acids is 2. The van der Waals surface area contributed by atoms with Gasteiger partial charge in [0.15, 0.2) is 0 Å². The van der Waals surface area contributed by atoms with Crippen LogP contribution in [-0.2, 0) is 4.79 Å². The molecule has 1 N–H and O–H groups in total. The van der Waals surface area contributed by atoms with Crippen molar-refractivity contribution in [3.63, 3.8) is 0 Å². The van der Waals surface area contributed by atoms with Crippen LogP contribution in [0.15, 0.2) is 60.7 Å². The van der Waals surface area contributed by atoms with Crippen molar-refractivity contribution < 1.29 is 9.59 Å². The number of hydrogen-bond donors (Lipinski definition) is 1. The van der Waals surface area contributed by atoms with Gasteiger partial charge in [-0.1, -0.05) is 60.7 Å². The summed E-state index contributed by atoms with van der Waals surface area (Å²) >= 11 is 0. The zero-order valence-corrected chi connectivity index (χ0v) is 16.6. The smallest absolute Gasteiger partial charge is 0.317 e. The van der Waals surface area contributed by atoms with Crippen LogP contribution in [0, 0.1) is 0 Å². The molecule has 2 aromatic carbocycles. The highest BCUT2D eigenvalue weighted by Gasteiger charge is 2.24. The molecule has 0 aromatic heterocycles. The first-order valence-corrected chi connectivity index (χ1v) is 9.21. The molecular formula is C22H29N3O2. The normalized spacial score (nSPS) is 11.7. The van der Waals surface area contributed by atoms with Crippen LogP contribution in [0.25, 0.3) is 0 Å². The molecule has 0 saturated carbocycles. The van der Waals surface area contributed by atoms with Crippen molar-refractivity contribution in [3.05, 3.63) is 71.8 Å². The number of urea groups is 1. The summed E-state index contributed by atoms with van der Waals surface area (Å²) in [6.45, 7) is 2.40. The Morgan fingerprint density at radius 3 is 1.81 bits per heavy atom. The Kier molecular flexibility index (Phi) is 7.41. The van der Waals surface area contributed by atoms with E-state index in [0.29, 0.717) is 13.0 Å². The first kappa shape index (κ1) is 20.5. The molecule has 0 fully saturated rings. The van der Waals surface area contributed by atoms with Crippen LogP contribution in [-0.4, -0.2) is 55.5 Å². The van der Waals surface area contributed by atoms with Crippen LogP contribution >= 0.6 is 0 Å². The lowest BCUT2D eigenvalue weighted by Crippen LogP contribution is -2.45. The van der Waals surface area contributed by atoms with Gasteiger partial charge in [0.05, 0.1) is 0 Å². The van der Waals surface area contributed by atoms with E-state index in [-0.39, 0.29) is 23.9 Å². The Labute approximate surface area is 162 Å². The highest BCUT2D eigenvalue weighted by atomic mass is 16.2. The summed E-state index contributed by atoms with van der Waals surface area (Å²) < 4.78 is 0. The fraction of sp³-hybridized carbons (Fsp3) is 0.364. The monoisotopic (exact) mass is 367 g/mol. The van der Waals surface area contributed by atoms with E-state index in [2.05, 4.69) is 29.6 Å². The van der Waals surface area contributed by atoms with Crippen LogP contribution in [0.4, 0.5) is 4.79 Å². The van der Waals surface area contributed by atoms with Crippen molar-refractivity contribution in [2.75, 3.05) is 27.7 Å². The highest BCUT2D eigenvalue weighted by molar-refractivity contribution is 5.78. The number of nitrogens with one attached hydrogen (secondary N) is 1. The van der Waals surface area contributed by atoms with E-state index in [1.54, 1.807) is 26.0 Å². The highest BCUT2D eigenvalue weighted by Crippen LogP contribution is 2.28. The van der Waals surface area contributed by atoms with Gasteiger partial charge in [-0.2, -0.15) is 0 Å². The minimum Gasteiger partial charge on any atom is -0.349 e. The summed E-state index contributed by atoms with van der Waals surface area (Å²) in [6.07, 6.45) is 0.312. The van der Waals surface area contributed by atoms with Crippen LogP contribution < -0.4 is 5.32 Å². The van der Waals surface area contributed by atoms with Crippen molar-refractivity contribution in [1.82, 2.24) is 15.1 Å². The van der Waals surface area contributed by atoms with Crippen LogP contribution in [0.3, 0.4) is 0 Å². The van der Waals surface area contributed by atoms with E-state index in [0.717, 1.165) is 11.1 Å². The Morgan fingerprint density at radius 2 is 1.37 bits per heavy atom. The molecule has 0 spiro atoms. The van der Waals surface area contributed by atoms with Crippen LogP contribution in [0.5, 0.6) is 0 Å². The molecule has 2 rings (SSSR count). The Morgan fingerprint density at radius 1 is 0.889 bits per heavy atom. The van der Waals surface area contributed by atoms with Crippen molar-refractivity contribution in [3.8, 4) is 0 Å². The van der Waals surface area contributed by atoms with Crippen molar-refractivity contribution in [2.24, 2.45) is 0 Å². The van der Waals surface area contributed by atoms with Crippen LogP contribution in [0.1, 0.15) is 30.4 Å². The maximum Gasteiger partial charge on any atom is 0.317 e. The predicted octanol–water partition coefficient (Wildman–Crippen LogP) is 3.33. The lowest BCUT2D eigenvalue weighted by molar-refractivity contribution is -0.128. The number of carbonyl (C=O) groups is 2. The third-order valence-electron chi connectivity index (χ3n) is 4.68. The molecule has 5 nitrogen and oxygen atoms in total. The molecule has 0 aliphatic carbocycles. The van der Waals surface area contributed by atoms with Gasteiger partial charge in [-0.05, 0) is 18.1 Å². The molecule has 0 bridgehead atoms. The zero-order chi connectivity index (χ0) is 19.8. The molecule has 0 unspecified atom stereocenters. The molecule has 0 radical (unpaired) electrons. The van der Waals surface area contributed by atoms with Crippen molar-refractivity contribution in [2.45, 2.75) is 25.3 Å². The topological polar surface area (TPSA) is 52.7 Å². The maximum atomic E-state index is 12.6. The van der Waals surface area contributed by atoms with Gasteiger partial charge in [0.2, 0.25) is 5.91 Å². The van der Waals surface area contributed by atoms with Gasteiger partial charge < -0.3 is 15.1 Å². The molecule has 144 valence electrons. The fourth-order valence-electron chi connectivity index (χ4n) is 3.07. The summed E-state index contributed by atoms with van der Waals surface area (Å²) in [5, 5.41) is 3.09. The third-order valence-corrected chi connectivity index (χ3v) is 4.68. The molecule has 0 saturated heterocycles. The second kappa shape index (κ2) is 9.76. The summed E-state index contributed by atoms with van der Waals surface area (Å²) in [7, 11) is 5.15. The maximum absolute atomic E-state index is 12.6. The molecule has 3 amide bonds. The van der Waals surface area contributed by atoms with Gasteiger partial charge in [0.1, 0.15) is 0 Å². The van der Waals surface area contributed by atoms with Crippen molar-refractivity contribution >= 4 is 11.9 Å². The zero-order valence-electron chi connectivity index (χ0n) is 16.6. The predicted molar refractivity (Wildman–Crippen MR) is 109 cm³/mol. The van der Waals surface area contributed by atoms with E-state index in [1.165, 1.54) is 4.90 Å². The molecule has 2 aromatic rings. The number of nitrogens with zero attached hydrogens (tertiary/aromatic N) is 2. The number of hydrogen-bond acceptors (Lipinski definition) is 2. The molecule has 1 atom stereocenters. The SMILES string of the molecule is C[C@H](NC(=O)N(C)CCC(=O)N(C)C)C(c1ccccc1)c1ccccc1. The van der Waals surface area contributed by atoms with Gasteiger partial charge in [0.25, 0.3) is 0 Å². The molecule has 0 aliphatic rings. The number of amides is 3.